The minimum absolute atomic E-state index is 0.137. The second kappa shape index (κ2) is 5.61. The zero-order chi connectivity index (χ0) is 11.4. The summed E-state index contributed by atoms with van der Waals surface area (Å²) in [6.45, 7) is 1.78. The van der Waals surface area contributed by atoms with Gasteiger partial charge in [-0.15, -0.1) is 0 Å². The molecule has 0 aromatic heterocycles. The molecule has 3 N–H and O–H groups in total. The molecule has 0 spiro atoms. The number of rotatable bonds is 4. The Bertz CT molecular complexity index is 328. The minimum atomic E-state index is -0.966. The van der Waals surface area contributed by atoms with Crippen molar-refractivity contribution < 1.29 is 15.3 Å². The molecule has 1 aromatic carbocycles. The molecule has 0 aliphatic heterocycles. The van der Waals surface area contributed by atoms with Gasteiger partial charge in [-0.2, -0.15) is 0 Å². The molecule has 2 unspecified atom stereocenters. The third kappa shape index (κ3) is 3.28. The molecule has 0 amide bonds. The first-order valence-electron chi connectivity index (χ1n) is 4.79. The maximum Gasteiger partial charge on any atom is 0.106 e. The molecule has 15 heavy (non-hydrogen) atoms. The van der Waals surface area contributed by atoms with Crippen LogP contribution < -0.4 is 0 Å². The molecular weight excluding hydrogens is 260 g/mol. The number of halogens is 1. The van der Waals surface area contributed by atoms with Gasteiger partial charge in [-0.1, -0.05) is 33.6 Å². The average Bonchev–Trinajstić information content (AvgIpc) is 2.21. The van der Waals surface area contributed by atoms with Gasteiger partial charge in [-0.3, -0.25) is 0 Å². The van der Waals surface area contributed by atoms with E-state index in [1.165, 1.54) is 0 Å². The summed E-state index contributed by atoms with van der Waals surface area (Å²) >= 11 is 3.32. The van der Waals surface area contributed by atoms with Crippen molar-refractivity contribution >= 4 is 15.9 Å². The summed E-state index contributed by atoms with van der Waals surface area (Å²) in [5, 5.41) is 28.1. The quantitative estimate of drug-likeness (QED) is 0.781. The second-order valence-corrected chi connectivity index (χ2v) is 4.40. The Morgan fingerprint density at radius 2 is 2.00 bits per heavy atom. The van der Waals surface area contributed by atoms with E-state index in [1.807, 2.05) is 25.1 Å². The van der Waals surface area contributed by atoms with Gasteiger partial charge in [-0.25, -0.2) is 0 Å². The van der Waals surface area contributed by atoms with Crippen LogP contribution in [0, 0.1) is 6.92 Å². The second-order valence-electron chi connectivity index (χ2n) is 3.55. The summed E-state index contributed by atoms with van der Waals surface area (Å²) in [7, 11) is 0. The van der Waals surface area contributed by atoms with E-state index in [0.717, 1.165) is 10.0 Å². The summed E-state index contributed by atoms with van der Waals surface area (Å²) in [5.41, 5.74) is 1.67. The van der Waals surface area contributed by atoms with Crippen LogP contribution >= 0.6 is 15.9 Å². The van der Waals surface area contributed by atoms with Crippen LogP contribution in [0.5, 0.6) is 0 Å². The van der Waals surface area contributed by atoms with Crippen molar-refractivity contribution in [3.63, 3.8) is 0 Å². The highest BCUT2D eigenvalue weighted by atomic mass is 79.9. The lowest BCUT2D eigenvalue weighted by molar-refractivity contribution is 0.00381. The molecule has 0 heterocycles. The predicted molar refractivity (Wildman–Crippen MR) is 61.5 cm³/mol. The molecule has 4 heteroatoms. The summed E-state index contributed by atoms with van der Waals surface area (Å²) in [6.07, 6.45) is -1.74. The zero-order valence-corrected chi connectivity index (χ0v) is 10.1. The van der Waals surface area contributed by atoms with Crippen molar-refractivity contribution in [2.45, 2.75) is 25.6 Å². The first-order chi connectivity index (χ1) is 7.06. The maximum absolute atomic E-state index is 9.83. The van der Waals surface area contributed by atoms with Gasteiger partial charge in [-0.05, 0) is 25.0 Å². The third-order valence-electron chi connectivity index (χ3n) is 2.26. The molecule has 0 bridgehead atoms. The minimum Gasteiger partial charge on any atom is -0.396 e. The van der Waals surface area contributed by atoms with E-state index in [1.54, 1.807) is 0 Å². The molecule has 1 aromatic rings. The Labute approximate surface area is 97.5 Å². The summed E-state index contributed by atoms with van der Waals surface area (Å²) in [5.74, 6) is 0. The lowest BCUT2D eigenvalue weighted by Crippen LogP contribution is -2.19. The normalized spacial score (nSPS) is 15.0. The third-order valence-corrected chi connectivity index (χ3v) is 2.98. The van der Waals surface area contributed by atoms with Gasteiger partial charge >= 0.3 is 0 Å². The molecule has 2 atom stereocenters. The van der Waals surface area contributed by atoms with E-state index in [0.29, 0.717) is 5.56 Å². The van der Waals surface area contributed by atoms with E-state index >= 15 is 0 Å². The average molecular weight is 275 g/mol. The van der Waals surface area contributed by atoms with E-state index in [2.05, 4.69) is 15.9 Å². The largest absolute Gasteiger partial charge is 0.396 e. The topological polar surface area (TPSA) is 60.7 Å². The van der Waals surface area contributed by atoms with Crippen molar-refractivity contribution in [1.82, 2.24) is 0 Å². The van der Waals surface area contributed by atoms with E-state index < -0.39 is 12.2 Å². The van der Waals surface area contributed by atoms with Crippen LogP contribution in [-0.2, 0) is 0 Å². The molecule has 0 saturated heterocycles. The SMILES string of the molecule is Cc1ccc(Br)c(C(O)C(O)CCO)c1. The van der Waals surface area contributed by atoms with Gasteiger partial charge in [0.15, 0.2) is 0 Å². The fourth-order valence-electron chi connectivity index (χ4n) is 1.39. The highest BCUT2D eigenvalue weighted by molar-refractivity contribution is 9.10. The molecule has 84 valence electrons. The number of hydrogen-bond donors (Lipinski definition) is 3. The number of hydrogen-bond acceptors (Lipinski definition) is 3. The Hall–Kier alpha value is -0.420. The van der Waals surface area contributed by atoms with Crippen molar-refractivity contribution in [2.75, 3.05) is 6.61 Å². The number of benzene rings is 1. The number of aliphatic hydroxyl groups is 3. The number of aryl methyl sites for hydroxylation is 1. The van der Waals surface area contributed by atoms with Crippen LogP contribution in [0.3, 0.4) is 0 Å². The van der Waals surface area contributed by atoms with Crippen LogP contribution in [-0.4, -0.2) is 28.0 Å². The van der Waals surface area contributed by atoms with E-state index in [-0.39, 0.29) is 13.0 Å². The standard InChI is InChI=1S/C11H15BrO3/c1-7-2-3-9(12)8(6-7)11(15)10(14)4-5-13/h2-3,6,10-11,13-15H,4-5H2,1H3. The van der Waals surface area contributed by atoms with E-state index in [4.69, 9.17) is 5.11 Å². The van der Waals surface area contributed by atoms with Crippen LogP contribution in [0.4, 0.5) is 0 Å². The first kappa shape index (κ1) is 12.6. The Kier molecular flexibility index (Phi) is 4.73. The predicted octanol–water partition coefficient (Wildman–Crippen LogP) is 1.53. The Morgan fingerprint density at radius 1 is 1.33 bits per heavy atom. The van der Waals surface area contributed by atoms with E-state index in [9.17, 15) is 10.2 Å². The van der Waals surface area contributed by atoms with Gasteiger partial charge in [0.05, 0.1) is 6.10 Å². The molecular formula is C11H15BrO3. The van der Waals surface area contributed by atoms with Gasteiger partial charge in [0.2, 0.25) is 0 Å². The number of aliphatic hydroxyl groups excluding tert-OH is 3. The molecule has 1 rings (SSSR count). The van der Waals surface area contributed by atoms with Crippen LogP contribution in [0.2, 0.25) is 0 Å². The molecule has 3 nitrogen and oxygen atoms in total. The zero-order valence-electron chi connectivity index (χ0n) is 8.52. The van der Waals surface area contributed by atoms with Gasteiger partial charge in [0.25, 0.3) is 0 Å². The van der Waals surface area contributed by atoms with Gasteiger partial charge in [0.1, 0.15) is 6.10 Å². The highest BCUT2D eigenvalue weighted by Crippen LogP contribution is 2.27. The Balaban J connectivity index is 2.89. The molecule has 0 fully saturated rings. The summed E-state index contributed by atoms with van der Waals surface area (Å²) in [4.78, 5) is 0. The molecule has 0 saturated carbocycles. The molecule has 0 radical (unpaired) electrons. The Morgan fingerprint density at radius 3 is 2.60 bits per heavy atom. The van der Waals surface area contributed by atoms with Gasteiger partial charge < -0.3 is 15.3 Å². The monoisotopic (exact) mass is 274 g/mol. The summed E-state index contributed by atoms with van der Waals surface area (Å²) in [6, 6.07) is 5.56. The lowest BCUT2D eigenvalue weighted by Gasteiger charge is -2.18. The summed E-state index contributed by atoms with van der Waals surface area (Å²) < 4.78 is 0.762. The first-order valence-corrected chi connectivity index (χ1v) is 5.58. The lowest BCUT2D eigenvalue weighted by atomic mass is 10.0. The van der Waals surface area contributed by atoms with Gasteiger partial charge in [0, 0.05) is 11.1 Å². The maximum atomic E-state index is 9.83. The fourth-order valence-corrected chi connectivity index (χ4v) is 1.87. The highest BCUT2D eigenvalue weighted by Gasteiger charge is 2.19. The van der Waals surface area contributed by atoms with Crippen molar-refractivity contribution in [1.29, 1.82) is 0 Å². The van der Waals surface area contributed by atoms with Crippen LogP contribution in [0.1, 0.15) is 23.7 Å². The van der Waals surface area contributed by atoms with Crippen LogP contribution in [0.25, 0.3) is 0 Å². The van der Waals surface area contributed by atoms with Crippen molar-refractivity contribution in [3.05, 3.63) is 33.8 Å². The molecule has 0 aliphatic carbocycles. The molecule has 0 aliphatic rings. The van der Waals surface area contributed by atoms with Crippen molar-refractivity contribution in [2.24, 2.45) is 0 Å². The fraction of sp³-hybridized carbons (Fsp3) is 0.455. The van der Waals surface area contributed by atoms with Crippen LogP contribution in [0.15, 0.2) is 22.7 Å². The smallest absolute Gasteiger partial charge is 0.106 e. The van der Waals surface area contributed by atoms with Crippen molar-refractivity contribution in [3.8, 4) is 0 Å².